The Balaban J connectivity index is 1.79. The summed E-state index contributed by atoms with van der Waals surface area (Å²) in [5.41, 5.74) is 0. The third-order valence-electron chi connectivity index (χ3n) is 4.00. The van der Waals surface area contributed by atoms with Gasteiger partial charge in [-0.15, -0.1) is 5.10 Å². The third-order valence-corrected chi connectivity index (χ3v) is 5.05. The topological polar surface area (TPSA) is 81.9 Å². The molecule has 0 aliphatic heterocycles. The van der Waals surface area contributed by atoms with Crippen molar-refractivity contribution in [3.05, 3.63) is 0 Å². The van der Waals surface area contributed by atoms with Crippen molar-refractivity contribution in [1.29, 1.82) is 0 Å². The van der Waals surface area contributed by atoms with E-state index in [1.54, 1.807) is 0 Å². The number of thioether (sulfide) groups is 1. The second-order valence-corrected chi connectivity index (χ2v) is 7.11. The fraction of sp³-hybridized carbons (Fsp3) is 0.867. The molecule has 7 nitrogen and oxygen atoms in total. The summed E-state index contributed by atoms with van der Waals surface area (Å²) in [4.78, 5) is 12.1. The number of carbonyl (C=O) groups excluding carboxylic acids is 1. The molecule has 1 N–H and O–H groups in total. The first-order valence-electron chi connectivity index (χ1n) is 8.52. The molecule has 2 rings (SSSR count). The van der Waals surface area contributed by atoms with Crippen LogP contribution in [0.2, 0.25) is 0 Å². The Hall–Kier alpha value is -1.15. The zero-order valence-corrected chi connectivity index (χ0v) is 14.8. The van der Waals surface area contributed by atoms with Gasteiger partial charge in [0, 0.05) is 19.8 Å². The molecule has 1 unspecified atom stereocenters. The van der Waals surface area contributed by atoms with E-state index in [-0.39, 0.29) is 11.2 Å². The lowest BCUT2D eigenvalue weighted by molar-refractivity contribution is -0.120. The van der Waals surface area contributed by atoms with E-state index in [1.807, 2.05) is 18.5 Å². The van der Waals surface area contributed by atoms with E-state index < -0.39 is 0 Å². The molecule has 1 aliphatic rings. The van der Waals surface area contributed by atoms with Gasteiger partial charge in [0.25, 0.3) is 0 Å². The van der Waals surface area contributed by atoms with Crippen molar-refractivity contribution < 1.29 is 9.53 Å². The fourth-order valence-corrected chi connectivity index (χ4v) is 3.59. The maximum Gasteiger partial charge on any atom is 0.233 e. The Kier molecular flexibility index (Phi) is 7.81. The van der Waals surface area contributed by atoms with E-state index in [9.17, 15) is 4.79 Å². The molecule has 1 aromatic rings. The highest BCUT2D eigenvalue weighted by Crippen LogP contribution is 2.31. The first-order valence-corrected chi connectivity index (χ1v) is 9.40. The summed E-state index contributed by atoms with van der Waals surface area (Å²) in [6.07, 6.45) is 6.82. The molecular formula is C15H27N5O2S. The molecule has 1 aliphatic carbocycles. The first kappa shape index (κ1) is 18.2. The summed E-state index contributed by atoms with van der Waals surface area (Å²) in [6, 6.07) is 0.378. The van der Waals surface area contributed by atoms with Gasteiger partial charge in [-0.1, -0.05) is 31.0 Å². The Morgan fingerprint density at radius 1 is 1.43 bits per heavy atom. The molecule has 0 aromatic carbocycles. The average molecular weight is 341 g/mol. The number of carbonyl (C=O) groups is 1. The zero-order chi connectivity index (χ0) is 16.5. The summed E-state index contributed by atoms with van der Waals surface area (Å²) in [5, 5.41) is 15.5. The standard InChI is InChI=1S/C15H27N5O2S/c1-3-22-11-7-10-16-14(21)12(2)23-15-17-18-19-20(15)13-8-5-4-6-9-13/h12-13H,3-11H2,1-2H3,(H,16,21). The molecule has 1 amide bonds. The number of amides is 1. The zero-order valence-electron chi connectivity index (χ0n) is 14.0. The molecule has 1 fully saturated rings. The number of aromatic nitrogens is 4. The minimum Gasteiger partial charge on any atom is -0.382 e. The van der Waals surface area contributed by atoms with Crippen LogP contribution >= 0.6 is 11.8 Å². The van der Waals surface area contributed by atoms with Crippen LogP contribution in [0.3, 0.4) is 0 Å². The number of hydrogen-bond acceptors (Lipinski definition) is 6. The summed E-state index contributed by atoms with van der Waals surface area (Å²) in [6.45, 7) is 5.88. The lowest BCUT2D eigenvalue weighted by Gasteiger charge is -2.22. The predicted molar refractivity (Wildman–Crippen MR) is 89.4 cm³/mol. The first-order chi connectivity index (χ1) is 11.2. The van der Waals surface area contributed by atoms with Gasteiger partial charge in [0.1, 0.15) is 0 Å². The molecular weight excluding hydrogens is 314 g/mol. The van der Waals surface area contributed by atoms with Gasteiger partial charge in [-0.25, -0.2) is 4.68 Å². The predicted octanol–water partition coefficient (Wildman–Crippen LogP) is 2.20. The molecule has 0 spiro atoms. The largest absolute Gasteiger partial charge is 0.382 e. The van der Waals surface area contributed by atoms with Gasteiger partial charge in [0.15, 0.2) is 0 Å². The molecule has 23 heavy (non-hydrogen) atoms. The highest BCUT2D eigenvalue weighted by Gasteiger charge is 2.23. The lowest BCUT2D eigenvalue weighted by Crippen LogP contribution is -2.32. The summed E-state index contributed by atoms with van der Waals surface area (Å²) in [7, 11) is 0. The van der Waals surface area contributed by atoms with Crippen LogP contribution in [0.1, 0.15) is 58.4 Å². The van der Waals surface area contributed by atoms with Gasteiger partial charge in [0.05, 0.1) is 11.3 Å². The van der Waals surface area contributed by atoms with E-state index in [0.29, 0.717) is 25.8 Å². The van der Waals surface area contributed by atoms with Gasteiger partial charge in [-0.3, -0.25) is 4.79 Å². The van der Waals surface area contributed by atoms with Crippen LogP contribution in [0.5, 0.6) is 0 Å². The van der Waals surface area contributed by atoms with Gasteiger partial charge >= 0.3 is 0 Å². The number of ether oxygens (including phenoxy) is 1. The lowest BCUT2D eigenvalue weighted by atomic mass is 9.96. The van der Waals surface area contributed by atoms with Crippen molar-refractivity contribution in [2.24, 2.45) is 0 Å². The molecule has 0 bridgehead atoms. The van der Waals surface area contributed by atoms with Crippen molar-refractivity contribution >= 4 is 17.7 Å². The van der Waals surface area contributed by atoms with E-state index >= 15 is 0 Å². The maximum atomic E-state index is 12.1. The van der Waals surface area contributed by atoms with Crippen LogP contribution in [0.15, 0.2) is 5.16 Å². The van der Waals surface area contributed by atoms with Crippen LogP contribution in [-0.2, 0) is 9.53 Å². The number of hydrogen-bond donors (Lipinski definition) is 1. The van der Waals surface area contributed by atoms with Crippen molar-refractivity contribution in [1.82, 2.24) is 25.5 Å². The maximum absolute atomic E-state index is 12.1. The molecule has 0 saturated heterocycles. The summed E-state index contributed by atoms with van der Waals surface area (Å²) < 4.78 is 7.16. The second kappa shape index (κ2) is 9.87. The van der Waals surface area contributed by atoms with Crippen LogP contribution in [0, 0.1) is 0 Å². The highest BCUT2D eigenvalue weighted by atomic mass is 32.2. The molecule has 0 radical (unpaired) electrons. The Morgan fingerprint density at radius 2 is 2.22 bits per heavy atom. The molecule has 1 aromatic heterocycles. The van der Waals surface area contributed by atoms with E-state index in [0.717, 1.165) is 24.4 Å². The van der Waals surface area contributed by atoms with Crippen LogP contribution in [-0.4, -0.2) is 51.1 Å². The van der Waals surface area contributed by atoms with Crippen molar-refractivity contribution in [3.63, 3.8) is 0 Å². The van der Waals surface area contributed by atoms with Crippen molar-refractivity contribution in [3.8, 4) is 0 Å². The smallest absolute Gasteiger partial charge is 0.233 e. The number of rotatable bonds is 9. The molecule has 1 atom stereocenters. The highest BCUT2D eigenvalue weighted by molar-refractivity contribution is 8.00. The minimum absolute atomic E-state index is 0.0182. The third kappa shape index (κ3) is 5.76. The minimum atomic E-state index is -0.213. The summed E-state index contributed by atoms with van der Waals surface area (Å²) >= 11 is 1.43. The second-order valence-electron chi connectivity index (χ2n) is 5.80. The van der Waals surface area contributed by atoms with Gasteiger partial charge in [0.2, 0.25) is 11.1 Å². The SMILES string of the molecule is CCOCCCNC(=O)C(C)Sc1nnnn1C1CCCCC1. The number of nitrogens with zero attached hydrogens (tertiary/aromatic N) is 4. The fourth-order valence-electron chi connectivity index (χ4n) is 2.70. The van der Waals surface area contributed by atoms with Crippen LogP contribution in [0.4, 0.5) is 0 Å². The monoisotopic (exact) mass is 341 g/mol. The Bertz CT molecular complexity index is 476. The Labute approximate surface area is 141 Å². The van der Waals surface area contributed by atoms with Crippen LogP contribution in [0.25, 0.3) is 0 Å². The van der Waals surface area contributed by atoms with E-state index in [1.165, 1.54) is 31.0 Å². The van der Waals surface area contributed by atoms with Gasteiger partial charge in [-0.2, -0.15) is 0 Å². The van der Waals surface area contributed by atoms with E-state index in [2.05, 4.69) is 20.8 Å². The van der Waals surface area contributed by atoms with Gasteiger partial charge < -0.3 is 10.1 Å². The Morgan fingerprint density at radius 3 is 2.96 bits per heavy atom. The number of tetrazole rings is 1. The van der Waals surface area contributed by atoms with E-state index in [4.69, 9.17) is 4.74 Å². The molecule has 8 heteroatoms. The van der Waals surface area contributed by atoms with Crippen molar-refractivity contribution in [2.75, 3.05) is 19.8 Å². The average Bonchev–Trinajstić information content (AvgIpc) is 3.03. The van der Waals surface area contributed by atoms with Crippen LogP contribution < -0.4 is 5.32 Å². The number of nitrogens with one attached hydrogen (secondary N) is 1. The molecule has 1 heterocycles. The van der Waals surface area contributed by atoms with Crippen molar-refractivity contribution in [2.45, 2.75) is 68.8 Å². The van der Waals surface area contributed by atoms with Gasteiger partial charge in [-0.05, 0) is 43.5 Å². The molecule has 1 saturated carbocycles. The quantitative estimate of drug-likeness (QED) is 0.548. The normalized spacial score (nSPS) is 17.1. The summed E-state index contributed by atoms with van der Waals surface area (Å²) in [5.74, 6) is 0.0182. The molecule has 130 valence electrons.